The number of aromatic nitrogens is 2. The third-order valence-electron chi connectivity index (χ3n) is 1.66. The summed E-state index contributed by atoms with van der Waals surface area (Å²) >= 11 is 0. The maximum atomic E-state index is 8.84. The fraction of sp³-hybridized carbons (Fsp3) is 0.556. The zero-order valence-corrected chi connectivity index (χ0v) is 8.49. The Balaban J connectivity index is 2.63. The second kappa shape index (κ2) is 5.39. The molecular weight excluding hydrogens is 180 g/mol. The van der Waals surface area contributed by atoms with Crippen LogP contribution in [0.3, 0.4) is 0 Å². The van der Waals surface area contributed by atoms with Crippen LogP contribution >= 0.6 is 0 Å². The van der Waals surface area contributed by atoms with Gasteiger partial charge in [-0.3, -0.25) is 4.98 Å². The van der Waals surface area contributed by atoms with Gasteiger partial charge in [0, 0.05) is 12.6 Å². The Kier molecular flexibility index (Phi) is 4.12. The predicted molar refractivity (Wildman–Crippen MR) is 56.4 cm³/mol. The third kappa shape index (κ3) is 3.18. The molecule has 0 amide bonds. The van der Waals surface area contributed by atoms with Gasteiger partial charge in [-0.05, 0) is 13.8 Å². The molecule has 0 radical (unpaired) electrons. The van der Waals surface area contributed by atoms with Gasteiger partial charge in [0.25, 0.3) is 0 Å². The van der Waals surface area contributed by atoms with Gasteiger partial charge in [0.15, 0.2) is 0 Å². The standard InChI is InChI=1S/C9H16N4O/c1-3-11-8-4-10-5-9(13-8)12-7(2)6-14/h4-5,7,14H,3,6H2,1-2H3,(H2,11,12,13). The van der Waals surface area contributed by atoms with Gasteiger partial charge in [0.2, 0.25) is 0 Å². The molecule has 3 N–H and O–H groups in total. The highest BCUT2D eigenvalue weighted by Crippen LogP contribution is 2.07. The van der Waals surface area contributed by atoms with Crippen molar-refractivity contribution in [1.82, 2.24) is 9.97 Å². The molecule has 14 heavy (non-hydrogen) atoms. The monoisotopic (exact) mass is 196 g/mol. The summed E-state index contributed by atoms with van der Waals surface area (Å²) in [5, 5.41) is 14.9. The van der Waals surface area contributed by atoms with E-state index >= 15 is 0 Å². The summed E-state index contributed by atoms with van der Waals surface area (Å²) in [5.74, 6) is 1.41. The summed E-state index contributed by atoms with van der Waals surface area (Å²) in [4.78, 5) is 8.28. The first-order valence-corrected chi connectivity index (χ1v) is 4.69. The molecule has 0 fully saturated rings. The van der Waals surface area contributed by atoms with E-state index in [2.05, 4.69) is 20.6 Å². The summed E-state index contributed by atoms with van der Waals surface area (Å²) in [7, 11) is 0. The maximum Gasteiger partial charge on any atom is 0.147 e. The molecule has 0 saturated heterocycles. The Bertz CT molecular complexity index is 279. The molecule has 78 valence electrons. The molecule has 1 unspecified atom stereocenters. The van der Waals surface area contributed by atoms with Gasteiger partial charge in [-0.1, -0.05) is 0 Å². The van der Waals surface area contributed by atoms with E-state index in [0.717, 1.165) is 12.4 Å². The zero-order chi connectivity index (χ0) is 10.4. The largest absolute Gasteiger partial charge is 0.394 e. The van der Waals surface area contributed by atoms with Crippen LogP contribution in [0.25, 0.3) is 0 Å². The molecule has 5 nitrogen and oxygen atoms in total. The molecule has 0 spiro atoms. The molecule has 0 aliphatic rings. The summed E-state index contributed by atoms with van der Waals surface area (Å²) in [5.41, 5.74) is 0. The number of rotatable bonds is 5. The highest BCUT2D eigenvalue weighted by Gasteiger charge is 2.01. The molecule has 0 aliphatic carbocycles. The van der Waals surface area contributed by atoms with Crippen LogP contribution in [-0.2, 0) is 0 Å². The Hall–Kier alpha value is -1.36. The van der Waals surface area contributed by atoms with E-state index in [1.807, 2.05) is 13.8 Å². The van der Waals surface area contributed by atoms with Gasteiger partial charge in [-0.25, -0.2) is 4.98 Å². The minimum absolute atomic E-state index is 0.0128. The Morgan fingerprint density at radius 3 is 2.79 bits per heavy atom. The van der Waals surface area contributed by atoms with Crippen LogP contribution in [0.5, 0.6) is 0 Å². The lowest BCUT2D eigenvalue weighted by atomic mass is 10.4. The number of anilines is 2. The minimum Gasteiger partial charge on any atom is -0.394 e. The van der Waals surface area contributed by atoms with Crippen molar-refractivity contribution in [3.8, 4) is 0 Å². The van der Waals surface area contributed by atoms with E-state index in [1.54, 1.807) is 12.4 Å². The van der Waals surface area contributed by atoms with E-state index in [9.17, 15) is 0 Å². The van der Waals surface area contributed by atoms with Crippen molar-refractivity contribution in [3.63, 3.8) is 0 Å². The maximum absolute atomic E-state index is 8.84. The number of aliphatic hydroxyl groups excluding tert-OH is 1. The molecule has 0 aliphatic heterocycles. The van der Waals surface area contributed by atoms with Crippen molar-refractivity contribution in [2.24, 2.45) is 0 Å². The first kappa shape index (κ1) is 10.7. The lowest BCUT2D eigenvalue weighted by Gasteiger charge is -2.11. The topological polar surface area (TPSA) is 70.1 Å². The normalized spacial score (nSPS) is 12.2. The van der Waals surface area contributed by atoms with Gasteiger partial charge < -0.3 is 15.7 Å². The van der Waals surface area contributed by atoms with Gasteiger partial charge in [0.05, 0.1) is 19.0 Å². The summed E-state index contributed by atoms with van der Waals surface area (Å²) in [6, 6.07) is -0.0128. The van der Waals surface area contributed by atoms with E-state index in [1.165, 1.54) is 0 Å². The number of nitrogens with zero attached hydrogens (tertiary/aromatic N) is 2. The first-order valence-electron chi connectivity index (χ1n) is 4.69. The first-order chi connectivity index (χ1) is 6.76. The summed E-state index contributed by atoms with van der Waals surface area (Å²) in [6.07, 6.45) is 3.30. The Morgan fingerprint density at radius 2 is 2.14 bits per heavy atom. The molecule has 1 heterocycles. The van der Waals surface area contributed by atoms with Crippen LogP contribution in [0.2, 0.25) is 0 Å². The average Bonchev–Trinajstić information content (AvgIpc) is 2.19. The lowest BCUT2D eigenvalue weighted by molar-refractivity contribution is 0.281. The fourth-order valence-electron chi connectivity index (χ4n) is 1.000. The van der Waals surface area contributed by atoms with Gasteiger partial charge in [-0.15, -0.1) is 0 Å². The van der Waals surface area contributed by atoms with Crippen LogP contribution in [0.4, 0.5) is 11.6 Å². The van der Waals surface area contributed by atoms with E-state index in [0.29, 0.717) is 5.82 Å². The average molecular weight is 196 g/mol. The van der Waals surface area contributed by atoms with Crippen LogP contribution in [0.1, 0.15) is 13.8 Å². The summed E-state index contributed by atoms with van der Waals surface area (Å²) in [6.45, 7) is 4.76. The van der Waals surface area contributed by atoms with Crippen molar-refractivity contribution in [2.75, 3.05) is 23.8 Å². The molecule has 1 aromatic heterocycles. The fourth-order valence-corrected chi connectivity index (χ4v) is 1.000. The van der Waals surface area contributed by atoms with Crippen molar-refractivity contribution in [3.05, 3.63) is 12.4 Å². The molecule has 1 rings (SSSR count). The number of aliphatic hydroxyl groups is 1. The molecular formula is C9H16N4O. The molecule has 0 aromatic carbocycles. The van der Waals surface area contributed by atoms with Gasteiger partial charge in [-0.2, -0.15) is 0 Å². The second-order valence-corrected chi connectivity index (χ2v) is 3.05. The quantitative estimate of drug-likeness (QED) is 0.646. The van der Waals surface area contributed by atoms with Gasteiger partial charge >= 0.3 is 0 Å². The SMILES string of the molecule is CCNc1cncc(NC(C)CO)n1. The second-order valence-electron chi connectivity index (χ2n) is 3.05. The Labute approximate surface area is 83.6 Å². The molecule has 1 aromatic rings. The third-order valence-corrected chi connectivity index (χ3v) is 1.66. The van der Waals surface area contributed by atoms with Crippen molar-refractivity contribution >= 4 is 11.6 Å². The van der Waals surface area contributed by atoms with Crippen molar-refractivity contribution in [2.45, 2.75) is 19.9 Å². The smallest absolute Gasteiger partial charge is 0.147 e. The lowest BCUT2D eigenvalue weighted by Crippen LogP contribution is -2.20. The van der Waals surface area contributed by atoms with Crippen molar-refractivity contribution < 1.29 is 5.11 Å². The van der Waals surface area contributed by atoms with E-state index in [-0.39, 0.29) is 12.6 Å². The highest BCUT2D eigenvalue weighted by atomic mass is 16.3. The zero-order valence-electron chi connectivity index (χ0n) is 8.49. The minimum atomic E-state index is -0.0128. The summed E-state index contributed by atoms with van der Waals surface area (Å²) < 4.78 is 0. The van der Waals surface area contributed by atoms with Crippen LogP contribution in [0, 0.1) is 0 Å². The van der Waals surface area contributed by atoms with Crippen LogP contribution in [0.15, 0.2) is 12.4 Å². The van der Waals surface area contributed by atoms with E-state index < -0.39 is 0 Å². The highest BCUT2D eigenvalue weighted by molar-refractivity contribution is 5.41. The van der Waals surface area contributed by atoms with Crippen LogP contribution in [-0.4, -0.2) is 34.3 Å². The number of hydrogen-bond acceptors (Lipinski definition) is 5. The number of hydrogen-bond donors (Lipinski definition) is 3. The molecule has 0 saturated carbocycles. The van der Waals surface area contributed by atoms with Gasteiger partial charge in [0.1, 0.15) is 11.6 Å². The molecule has 5 heteroatoms. The Morgan fingerprint density at radius 1 is 1.43 bits per heavy atom. The molecule has 1 atom stereocenters. The van der Waals surface area contributed by atoms with Crippen molar-refractivity contribution in [1.29, 1.82) is 0 Å². The van der Waals surface area contributed by atoms with E-state index in [4.69, 9.17) is 5.11 Å². The predicted octanol–water partition coefficient (Wildman–Crippen LogP) is 0.701. The number of nitrogens with one attached hydrogen (secondary N) is 2. The molecule has 0 bridgehead atoms. The van der Waals surface area contributed by atoms with Crippen LogP contribution < -0.4 is 10.6 Å².